The second kappa shape index (κ2) is 5.65. The third-order valence-corrected chi connectivity index (χ3v) is 4.41. The van der Waals surface area contributed by atoms with Gasteiger partial charge < -0.3 is 14.7 Å². The number of rotatable bonds is 4. The molecule has 1 N–H and O–H groups in total. The van der Waals surface area contributed by atoms with E-state index >= 15 is 0 Å². The number of aliphatic carboxylic acids is 1. The van der Waals surface area contributed by atoms with Gasteiger partial charge in [0.1, 0.15) is 0 Å². The van der Waals surface area contributed by atoms with Crippen LogP contribution in [0.5, 0.6) is 0 Å². The molecule has 1 aromatic heterocycles. The van der Waals surface area contributed by atoms with Crippen molar-refractivity contribution in [1.29, 1.82) is 0 Å². The molecule has 6 nitrogen and oxygen atoms in total. The zero-order valence-corrected chi connectivity index (χ0v) is 11.0. The van der Waals surface area contributed by atoms with E-state index < -0.39 is 5.97 Å². The summed E-state index contributed by atoms with van der Waals surface area (Å²) in [6.07, 6.45) is 0. The highest BCUT2D eigenvalue weighted by Gasteiger charge is 2.22. The van der Waals surface area contributed by atoms with Crippen LogP contribution in [0, 0.1) is 0 Å². The molecule has 17 heavy (non-hydrogen) atoms. The maximum atomic E-state index is 10.4. The molecule has 1 saturated heterocycles. The van der Waals surface area contributed by atoms with E-state index in [0.717, 1.165) is 11.7 Å². The molecule has 2 rings (SSSR count). The maximum absolute atomic E-state index is 10.4. The number of carboxylic acid groups (broad SMARTS) is 1. The van der Waals surface area contributed by atoms with Crippen molar-refractivity contribution in [2.75, 3.05) is 30.4 Å². The van der Waals surface area contributed by atoms with E-state index in [2.05, 4.69) is 22.0 Å². The summed E-state index contributed by atoms with van der Waals surface area (Å²) < 4.78 is 6.05. The van der Waals surface area contributed by atoms with Gasteiger partial charge in [0.2, 0.25) is 5.13 Å². The van der Waals surface area contributed by atoms with E-state index in [0.29, 0.717) is 17.6 Å². The number of anilines is 1. The number of ether oxygens (including phenoxy) is 1. The zero-order valence-electron chi connectivity index (χ0n) is 9.33. The normalized spacial score (nSPS) is 20.5. The fourth-order valence-electron chi connectivity index (χ4n) is 1.51. The van der Waals surface area contributed by atoms with Crippen LogP contribution in [0.3, 0.4) is 0 Å². The Balaban J connectivity index is 1.99. The molecule has 0 spiro atoms. The highest BCUT2D eigenvalue weighted by atomic mass is 32.2. The van der Waals surface area contributed by atoms with E-state index in [-0.39, 0.29) is 11.8 Å². The molecule has 2 heterocycles. The summed E-state index contributed by atoms with van der Waals surface area (Å²) in [5, 5.41) is 17.5. The second-order valence-corrected chi connectivity index (χ2v) is 5.83. The van der Waals surface area contributed by atoms with Crippen LogP contribution in [0.2, 0.25) is 0 Å². The lowest BCUT2D eigenvalue weighted by Gasteiger charge is -2.32. The SMILES string of the molecule is CC1COCCN1c1nnc(SCC(=O)O)s1. The van der Waals surface area contributed by atoms with Gasteiger partial charge in [-0.2, -0.15) is 0 Å². The summed E-state index contributed by atoms with van der Waals surface area (Å²) >= 11 is 2.63. The Hall–Kier alpha value is -0.860. The van der Waals surface area contributed by atoms with Crippen molar-refractivity contribution in [2.45, 2.75) is 17.3 Å². The molecule has 1 atom stereocenters. The lowest BCUT2D eigenvalue weighted by molar-refractivity contribution is -0.133. The monoisotopic (exact) mass is 275 g/mol. The van der Waals surface area contributed by atoms with Crippen molar-refractivity contribution in [3.8, 4) is 0 Å². The molecule has 8 heteroatoms. The standard InChI is InChI=1S/C9H13N3O3S2/c1-6-4-15-3-2-12(6)8-10-11-9(17-8)16-5-7(13)14/h6H,2-5H2,1H3,(H,13,14). The third kappa shape index (κ3) is 3.30. The number of carboxylic acids is 1. The predicted molar refractivity (Wildman–Crippen MR) is 65.9 cm³/mol. The van der Waals surface area contributed by atoms with Gasteiger partial charge in [0, 0.05) is 6.54 Å². The van der Waals surface area contributed by atoms with E-state index in [9.17, 15) is 4.79 Å². The number of nitrogens with zero attached hydrogens (tertiary/aromatic N) is 3. The molecule has 0 saturated carbocycles. The minimum atomic E-state index is -0.841. The molecule has 0 aliphatic carbocycles. The third-order valence-electron chi connectivity index (χ3n) is 2.33. The Kier molecular flexibility index (Phi) is 4.19. The number of hydrogen-bond donors (Lipinski definition) is 1. The topological polar surface area (TPSA) is 75.5 Å². The van der Waals surface area contributed by atoms with Gasteiger partial charge in [0.15, 0.2) is 4.34 Å². The maximum Gasteiger partial charge on any atom is 0.313 e. The van der Waals surface area contributed by atoms with Crippen LogP contribution in [0.25, 0.3) is 0 Å². The van der Waals surface area contributed by atoms with Crippen molar-refractivity contribution in [1.82, 2.24) is 10.2 Å². The van der Waals surface area contributed by atoms with Crippen molar-refractivity contribution >= 4 is 34.2 Å². The smallest absolute Gasteiger partial charge is 0.313 e. The van der Waals surface area contributed by atoms with Crippen molar-refractivity contribution < 1.29 is 14.6 Å². The average Bonchev–Trinajstić information content (AvgIpc) is 2.75. The Bertz CT molecular complexity index is 399. The fraction of sp³-hybridized carbons (Fsp3) is 0.667. The lowest BCUT2D eigenvalue weighted by atomic mass is 10.3. The molecular formula is C9H13N3O3S2. The first-order valence-corrected chi connectivity index (χ1v) is 6.99. The summed E-state index contributed by atoms with van der Waals surface area (Å²) in [5.74, 6) is -0.820. The Morgan fingerprint density at radius 2 is 2.53 bits per heavy atom. The number of thioether (sulfide) groups is 1. The van der Waals surface area contributed by atoms with Gasteiger partial charge in [0.25, 0.3) is 0 Å². The number of hydrogen-bond acceptors (Lipinski definition) is 7. The molecule has 94 valence electrons. The second-order valence-electron chi connectivity index (χ2n) is 3.65. The fourth-order valence-corrected chi connectivity index (χ4v) is 3.20. The average molecular weight is 275 g/mol. The molecule has 0 aromatic carbocycles. The summed E-state index contributed by atoms with van der Waals surface area (Å²) in [6.45, 7) is 4.27. The molecule has 0 bridgehead atoms. The van der Waals surface area contributed by atoms with E-state index in [1.807, 2.05) is 0 Å². The molecular weight excluding hydrogens is 262 g/mol. The zero-order chi connectivity index (χ0) is 12.3. The predicted octanol–water partition coefficient (Wildman–Crippen LogP) is 0.940. The largest absolute Gasteiger partial charge is 0.481 e. The molecule has 1 unspecified atom stereocenters. The Morgan fingerprint density at radius 1 is 1.71 bits per heavy atom. The van der Waals surface area contributed by atoms with Gasteiger partial charge in [-0.1, -0.05) is 23.1 Å². The quantitative estimate of drug-likeness (QED) is 0.819. The Morgan fingerprint density at radius 3 is 3.24 bits per heavy atom. The number of aromatic nitrogens is 2. The summed E-state index contributed by atoms with van der Waals surface area (Å²) in [4.78, 5) is 12.6. The highest BCUT2D eigenvalue weighted by Crippen LogP contribution is 2.29. The van der Waals surface area contributed by atoms with Gasteiger partial charge in [0.05, 0.1) is 25.0 Å². The van der Waals surface area contributed by atoms with Crippen LogP contribution in [-0.2, 0) is 9.53 Å². The van der Waals surface area contributed by atoms with Gasteiger partial charge in [-0.15, -0.1) is 10.2 Å². The summed E-state index contributed by atoms with van der Waals surface area (Å²) in [6, 6.07) is 0.286. The van der Waals surface area contributed by atoms with Crippen LogP contribution < -0.4 is 4.90 Å². The molecule has 0 amide bonds. The van der Waals surface area contributed by atoms with Crippen LogP contribution >= 0.6 is 23.1 Å². The molecule has 1 aromatic rings. The minimum absolute atomic E-state index is 0.0211. The molecule has 1 fully saturated rings. The van der Waals surface area contributed by atoms with Crippen LogP contribution in [0.1, 0.15) is 6.92 Å². The first kappa shape index (κ1) is 12.6. The number of morpholine rings is 1. The van der Waals surface area contributed by atoms with Gasteiger partial charge >= 0.3 is 5.97 Å². The lowest BCUT2D eigenvalue weighted by Crippen LogP contribution is -2.43. The van der Waals surface area contributed by atoms with Gasteiger partial charge in [-0.3, -0.25) is 4.79 Å². The van der Waals surface area contributed by atoms with Crippen LogP contribution in [-0.4, -0.2) is 52.8 Å². The van der Waals surface area contributed by atoms with Crippen LogP contribution in [0.4, 0.5) is 5.13 Å². The molecule has 0 radical (unpaired) electrons. The first-order chi connectivity index (χ1) is 8.16. The molecule has 1 aliphatic heterocycles. The summed E-state index contributed by atoms with van der Waals surface area (Å²) in [7, 11) is 0. The Labute approximate surface area is 107 Å². The number of carbonyl (C=O) groups is 1. The summed E-state index contributed by atoms with van der Waals surface area (Å²) in [5.41, 5.74) is 0. The van der Waals surface area contributed by atoms with E-state index in [4.69, 9.17) is 9.84 Å². The van der Waals surface area contributed by atoms with Crippen molar-refractivity contribution in [3.05, 3.63) is 0 Å². The highest BCUT2D eigenvalue weighted by molar-refractivity contribution is 8.01. The van der Waals surface area contributed by atoms with Crippen LogP contribution in [0.15, 0.2) is 4.34 Å². The van der Waals surface area contributed by atoms with Gasteiger partial charge in [-0.05, 0) is 6.92 Å². The van der Waals surface area contributed by atoms with E-state index in [1.165, 1.54) is 23.1 Å². The van der Waals surface area contributed by atoms with E-state index in [1.54, 1.807) is 0 Å². The van der Waals surface area contributed by atoms with Crippen molar-refractivity contribution in [2.24, 2.45) is 0 Å². The van der Waals surface area contributed by atoms with Crippen molar-refractivity contribution in [3.63, 3.8) is 0 Å². The molecule has 1 aliphatic rings. The minimum Gasteiger partial charge on any atom is -0.481 e. The van der Waals surface area contributed by atoms with Gasteiger partial charge in [-0.25, -0.2) is 0 Å². The first-order valence-electron chi connectivity index (χ1n) is 5.19.